The molecule has 1 saturated carbocycles. The van der Waals surface area contributed by atoms with Crippen LogP contribution in [0.15, 0.2) is 9.95 Å². The lowest BCUT2D eigenvalue weighted by Gasteiger charge is -2.13. The van der Waals surface area contributed by atoms with Crippen molar-refractivity contribution in [3.05, 3.63) is 16.0 Å². The summed E-state index contributed by atoms with van der Waals surface area (Å²) in [5, 5.41) is 8.11. The van der Waals surface area contributed by atoms with Crippen molar-refractivity contribution in [3.8, 4) is 0 Å². The minimum atomic E-state index is -0.0713. The predicted molar refractivity (Wildman–Crippen MR) is 104 cm³/mol. The van der Waals surface area contributed by atoms with Crippen molar-refractivity contribution in [3.63, 3.8) is 0 Å². The highest BCUT2D eigenvalue weighted by Gasteiger charge is 2.20. The molecule has 0 bridgehead atoms. The van der Waals surface area contributed by atoms with Gasteiger partial charge in [-0.3, -0.25) is 18.8 Å². The minimum absolute atomic E-state index is 0.0141. The molecular formula is C18H27N5O2S. The van der Waals surface area contributed by atoms with Gasteiger partial charge in [0.1, 0.15) is 5.52 Å². The third kappa shape index (κ3) is 3.79. The number of carbonyl (C=O) groups is 1. The van der Waals surface area contributed by atoms with Gasteiger partial charge >= 0.3 is 0 Å². The fraction of sp³-hybridized carbons (Fsp3) is 0.667. The van der Waals surface area contributed by atoms with E-state index in [-0.39, 0.29) is 17.2 Å². The summed E-state index contributed by atoms with van der Waals surface area (Å²) in [6, 6.07) is 0.307. The maximum Gasteiger partial charge on any atom is 0.280 e. The summed E-state index contributed by atoms with van der Waals surface area (Å²) in [4.78, 5) is 29.9. The van der Waals surface area contributed by atoms with Gasteiger partial charge in [-0.25, -0.2) is 4.98 Å². The van der Waals surface area contributed by atoms with Gasteiger partial charge in [0.25, 0.3) is 5.56 Å². The zero-order valence-corrected chi connectivity index (χ0v) is 16.6. The number of aromatic nitrogens is 4. The number of hydrogen-bond donors (Lipinski definition) is 1. The van der Waals surface area contributed by atoms with E-state index in [2.05, 4.69) is 15.4 Å². The molecule has 2 aromatic rings. The van der Waals surface area contributed by atoms with Crippen molar-refractivity contribution in [2.45, 2.75) is 77.2 Å². The number of nitrogens with zero attached hydrogens (tertiary/aromatic N) is 4. The number of rotatable bonds is 7. The quantitative estimate of drug-likeness (QED) is 0.592. The standard InChI is InChI=1S/C18H27N5O2S/c1-4-10-22-17(25)16-15(12(3)21-23(16)5-2)20-18(22)26-11-14(24)19-13-8-6-7-9-13/h13H,4-11H2,1-3H3,(H,19,24). The first-order valence-electron chi connectivity index (χ1n) is 9.45. The number of amides is 1. The molecule has 7 nitrogen and oxygen atoms in total. The molecule has 0 aromatic carbocycles. The number of thioether (sulfide) groups is 1. The van der Waals surface area contributed by atoms with Gasteiger partial charge in [-0.15, -0.1) is 0 Å². The summed E-state index contributed by atoms with van der Waals surface area (Å²) in [6.07, 6.45) is 5.33. The highest BCUT2D eigenvalue weighted by atomic mass is 32.2. The van der Waals surface area contributed by atoms with Crippen molar-refractivity contribution >= 4 is 28.7 Å². The highest BCUT2D eigenvalue weighted by molar-refractivity contribution is 7.99. The van der Waals surface area contributed by atoms with E-state index in [1.54, 1.807) is 9.25 Å². The maximum absolute atomic E-state index is 13.0. The Morgan fingerprint density at radius 3 is 2.69 bits per heavy atom. The van der Waals surface area contributed by atoms with Crippen LogP contribution in [0, 0.1) is 6.92 Å². The lowest BCUT2D eigenvalue weighted by atomic mass is 10.2. The molecule has 0 atom stereocenters. The Kier molecular flexibility index (Phi) is 6.01. The van der Waals surface area contributed by atoms with Crippen LogP contribution < -0.4 is 10.9 Å². The van der Waals surface area contributed by atoms with E-state index < -0.39 is 0 Å². The first-order valence-corrected chi connectivity index (χ1v) is 10.4. The number of nitrogens with one attached hydrogen (secondary N) is 1. The molecule has 1 aliphatic carbocycles. The van der Waals surface area contributed by atoms with Crippen LogP contribution in [0.4, 0.5) is 0 Å². The van der Waals surface area contributed by atoms with Crippen molar-refractivity contribution in [1.82, 2.24) is 24.6 Å². The lowest BCUT2D eigenvalue weighted by molar-refractivity contribution is -0.119. The molecule has 0 aliphatic heterocycles. The number of carbonyl (C=O) groups excluding carboxylic acids is 1. The van der Waals surface area contributed by atoms with Gasteiger partial charge in [0.2, 0.25) is 5.91 Å². The predicted octanol–water partition coefficient (Wildman–Crippen LogP) is 2.48. The van der Waals surface area contributed by atoms with Gasteiger partial charge in [0.05, 0.1) is 11.4 Å². The summed E-state index contributed by atoms with van der Waals surface area (Å²) in [5.41, 5.74) is 1.87. The van der Waals surface area contributed by atoms with Crippen LogP contribution in [0.3, 0.4) is 0 Å². The largest absolute Gasteiger partial charge is 0.353 e. The van der Waals surface area contributed by atoms with E-state index in [0.29, 0.717) is 35.3 Å². The summed E-state index contributed by atoms with van der Waals surface area (Å²) in [6.45, 7) is 7.07. The van der Waals surface area contributed by atoms with E-state index >= 15 is 0 Å². The molecule has 0 saturated heterocycles. The van der Waals surface area contributed by atoms with Crippen molar-refractivity contribution < 1.29 is 4.79 Å². The van der Waals surface area contributed by atoms with Crippen LogP contribution in [0.1, 0.15) is 51.6 Å². The molecule has 0 unspecified atom stereocenters. The Bertz CT molecular complexity index is 851. The molecule has 3 rings (SSSR count). The second-order valence-electron chi connectivity index (χ2n) is 6.79. The van der Waals surface area contributed by atoms with Crippen LogP contribution in [0.2, 0.25) is 0 Å². The molecule has 1 aliphatic rings. The Balaban J connectivity index is 1.86. The van der Waals surface area contributed by atoms with Gasteiger partial charge in [-0.2, -0.15) is 5.10 Å². The molecule has 1 N–H and O–H groups in total. The van der Waals surface area contributed by atoms with Gasteiger partial charge in [-0.05, 0) is 33.1 Å². The molecule has 0 radical (unpaired) electrons. The first-order chi connectivity index (χ1) is 12.5. The zero-order chi connectivity index (χ0) is 18.7. The van der Waals surface area contributed by atoms with Crippen LogP contribution in [-0.4, -0.2) is 37.0 Å². The van der Waals surface area contributed by atoms with Crippen molar-refractivity contribution in [2.24, 2.45) is 0 Å². The van der Waals surface area contributed by atoms with Crippen LogP contribution >= 0.6 is 11.8 Å². The third-order valence-corrected chi connectivity index (χ3v) is 5.76. The van der Waals surface area contributed by atoms with E-state index in [9.17, 15) is 9.59 Å². The van der Waals surface area contributed by atoms with Crippen molar-refractivity contribution in [1.29, 1.82) is 0 Å². The second-order valence-corrected chi connectivity index (χ2v) is 7.73. The number of fused-ring (bicyclic) bond motifs is 1. The fourth-order valence-electron chi connectivity index (χ4n) is 3.52. The van der Waals surface area contributed by atoms with Crippen LogP contribution in [0.25, 0.3) is 11.0 Å². The lowest BCUT2D eigenvalue weighted by Crippen LogP contribution is -2.34. The fourth-order valence-corrected chi connectivity index (χ4v) is 4.35. The first kappa shape index (κ1) is 18.9. The van der Waals surface area contributed by atoms with E-state index in [0.717, 1.165) is 25.0 Å². The molecule has 0 spiro atoms. The maximum atomic E-state index is 13.0. The van der Waals surface area contributed by atoms with Gasteiger partial charge in [0, 0.05) is 19.1 Å². The van der Waals surface area contributed by atoms with E-state index in [1.165, 1.54) is 24.6 Å². The smallest absolute Gasteiger partial charge is 0.280 e. The molecule has 8 heteroatoms. The summed E-state index contributed by atoms with van der Waals surface area (Å²) in [5.74, 6) is 0.291. The molecule has 26 heavy (non-hydrogen) atoms. The molecular weight excluding hydrogens is 350 g/mol. The van der Waals surface area contributed by atoms with Crippen LogP contribution in [0.5, 0.6) is 0 Å². The normalized spacial score (nSPS) is 15.0. The topological polar surface area (TPSA) is 81.8 Å². The van der Waals surface area contributed by atoms with Crippen molar-refractivity contribution in [2.75, 3.05) is 5.75 Å². The Hall–Kier alpha value is -1.83. The average Bonchev–Trinajstić information content (AvgIpc) is 3.23. The van der Waals surface area contributed by atoms with Crippen LogP contribution in [-0.2, 0) is 17.9 Å². The zero-order valence-electron chi connectivity index (χ0n) is 15.7. The van der Waals surface area contributed by atoms with Gasteiger partial charge in [-0.1, -0.05) is 31.5 Å². The van der Waals surface area contributed by atoms with Gasteiger partial charge in [0.15, 0.2) is 10.7 Å². The third-order valence-electron chi connectivity index (χ3n) is 4.78. The molecule has 2 aromatic heterocycles. The minimum Gasteiger partial charge on any atom is -0.353 e. The SMILES string of the molecule is CCCn1c(SCC(=O)NC2CCCC2)nc2c(C)nn(CC)c2c1=O. The summed E-state index contributed by atoms with van der Waals surface area (Å²) >= 11 is 1.34. The van der Waals surface area contributed by atoms with Gasteiger partial charge < -0.3 is 5.32 Å². The number of hydrogen-bond acceptors (Lipinski definition) is 5. The Morgan fingerprint density at radius 2 is 2.04 bits per heavy atom. The Labute approximate surface area is 157 Å². The summed E-state index contributed by atoms with van der Waals surface area (Å²) in [7, 11) is 0. The van der Waals surface area contributed by atoms with E-state index in [1.807, 2.05) is 20.8 Å². The molecule has 1 fully saturated rings. The number of aryl methyl sites for hydroxylation is 2. The summed E-state index contributed by atoms with van der Waals surface area (Å²) < 4.78 is 3.40. The monoisotopic (exact) mass is 377 g/mol. The molecule has 1 amide bonds. The van der Waals surface area contributed by atoms with E-state index in [4.69, 9.17) is 0 Å². The second kappa shape index (κ2) is 8.24. The highest BCUT2D eigenvalue weighted by Crippen LogP contribution is 2.21. The molecule has 2 heterocycles. The Morgan fingerprint density at radius 1 is 1.31 bits per heavy atom. The average molecular weight is 378 g/mol. The molecule has 142 valence electrons.